The van der Waals surface area contributed by atoms with E-state index in [9.17, 15) is 9.59 Å². The molecule has 0 aliphatic heterocycles. The Labute approximate surface area is 133 Å². The lowest BCUT2D eigenvalue weighted by atomic mass is 10.1. The van der Waals surface area contributed by atoms with Crippen LogP contribution in [0.15, 0.2) is 24.3 Å². The van der Waals surface area contributed by atoms with Crippen LogP contribution in [0, 0.1) is 6.92 Å². The number of nitrogens with one attached hydrogen (secondary N) is 1. The molecule has 0 aromatic heterocycles. The van der Waals surface area contributed by atoms with E-state index in [4.69, 9.17) is 0 Å². The van der Waals surface area contributed by atoms with Crippen molar-refractivity contribution in [3.05, 3.63) is 35.4 Å². The predicted molar refractivity (Wildman–Crippen MR) is 89.6 cm³/mol. The summed E-state index contributed by atoms with van der Waals surface area (Å²) in [5, 5.41) is 2.86. The van der Waals surface area contributed by atoms with Gasteiger partial charge in [-0.05, 0) is 46.1 Å². The molecule has 122 valence electrons. The number of aryl methyl sites for hydroxylation is 2. The molecule has 1 aromatic carbocycles. The van der Waals surface area contributed by atoms with Crippen molar-refractivity contribution < 1.29 is 9.59 Å². The number of hydrogen-bond donors (Lipinski definition) is 1. The summed E-state index contributed by atoms with van der Waals surface area (Å²) in [7, 11) is 1.68. The molecule has 0 bridgehead atoms. The highest BCUT2D eigenvalue weighted by Gasteiger charge is 2.17. The highest BCUT2D eigenvalue weighted by molar-refractivity contribution is 5.84. The van der Waals surface area contributed by atoms with Crippen LogP contribution in [0.2, 0.25) is 0 Å². The van der Waals surface area contributed by atoms with E-state index in [1.54, 1.807) is 7.05 Å². The second kappa shape index (κ2) is 7.97. The first-order valence-electron chi connectivity index (χ1n) is 7.78. The number of rotatable bonds is 6. The van der Waals surface area contributed by atoms with Gasteiger partial charge in [0, 0.05) is 19.0 Å². The molecule has 0 spiro atoms. The zero-order valence-electron chi connectivity index (χ0n) is 14.4. The van der Waals surface area contributed by atoms with E-state index in [0.717, 1.165) is 12.8 Å². The first kappa shape index (κ1) is 18.2. The van der Waals surface area contributed by atoms with Gasteiger partial charge in [-0.15, -0.1) is 0 Å². The Morgan fingerprint density at radius 3 is 2.27 bits per heavy atom. The summed E-state index contributed by atoms with van der Waals surface area (Å²) in [6.45, 7) is 7.95. The third kappa shape index (κ3) is 7.25. The molecule has 0 heterocycles. The van der Waals surface area contributed by atoms with Gasteiger partial charge in [0.15, 0.2) is 0 Å². The lowest BCUT2D eigenvalue weighted by molar-refractivity contribution is -0.135. The summed E-state index contributed by atoms with van der Waals surface area (Å²) in [4.78, 5) is 25.3. The van der Waals surface area contributed by atoms with Gasteiger partial charge in [0.05, 0.1) is 6.54 Å². The Hall–Kier alpha value is -1.84. The first-order valence-corrected chi connectivity index (χ1v) is 7.78. The summed E-state index contributed by atoms with van der Waals surface area (Å²) in [6, 6.07) is 8.36. The largest absolute Gasteiger partial charge is 0.350 e. The van der Waals surface area contributed by atoms with Crippen molar-refractivity contribution in [2.45, 2.75) is 52.5 Å². The van der Waals surface area contributed by atoms with Gasteiger partial charge in [0.1, 0.15) is 0 Å². The van der Waals surface area contributed by atoms with E-state index in [2.05, 4.69) is 36.5 Å². The van der Waals surface area contributed by atoms with Crippen LogP contribution in [0.3, 0.4) is 0 Å². The van der Waals surface area contributed by atoms with Gasteiger partial charge >= 0.3 is 0 Å². The average Bonchev–Trinajstić information content (AvgIpc) is 2.38. The second-order valence-corrected chi connectivity index (χ2v) is 6.89. The molecule has 1 aromatic rings. The molecule has 0 saturated heterocycles. The average molecular weight is 304 g/mol. The Balaban J connectivity index is 2.32. The van der Waals surface area contributed by atoms with Gasteiger partial charge in [0.2, 0.25) is 11.8 Å². The minimum Gasteiger partial charge on any atom is -0.350 e. The predicted octanol–water partition coefficient (Wildman–Crippen LogP) is 2.69. The topological polar surface area (TPSA) is 49.4 Å². The van der Waals surface area contributed by atoms with Crippen LogP contribution in [0.4, 0.5) is 0 Å². The number of likely N-dealkylation sites (N-methyl/N-ethyl adjacent to an activating group) is 1. The molecule has 22 heavy (non-hydrogen) atoms. The standard InChI is InChI=1S/C18H28N2O2/c1-14-9-11-15(12-10-14)7-6-8-17(22)20(5)13-16(21)19-18(2,3)4/h9-12H,6-8,13H2,1-5H3,(H,19,21). The third-order valence-corrected chi connectivity index (χ3v) is 3.30. The molecule has 0 radical (unpaired) electrons. The second-order valence-electron chi connectivity index (χ2n) is 6.89. The van der Waals surface area contributed by atoms with Crippen LogP contribution < -0.4 is 5.32 Å². The SMILES string of the molecule is Cc1ccc(CCCC(=O)N(C)CC(=O)NC(C)(C)C)cc1. The van der Waals surface area contributed by atoms with E-state index in [1.807, 2.05) is 20.8 Å². The molecule has 0 aliphatic rings. The van der Waals surface area contributed by atoms with Gasteiger partial charge < -0.3 is 10.2 Å². The number of carbonyl (C=O) groups excluding carboxylic acids is 2. The molecule has 0 aliphatic carbocycles. The van der Waals surface area contributed by atoms with Crippen LogP contribution in [0.1, 0.15) is 44.7 Å². The zero-order valence-corrected chi connectivity index (χ0v) is 14.4. The highest BCUT2D eigenvalue weighted by atomic mass is 16.2. The third-order valence-electron chi connectivity index (χ3n) is 3.30. The molecule has 1 N–H and O–H groups in total. The molecule has 1 rings (SSSR count). The Kier molecular flexibility index (Phi) is 6.60. The van der Waals surface area contributed by atoms with Crippen molar-refractivity contribution in [3.63, 3.8) is 0 Å². The van der Waals surface area contributed by atoms with E-state index in [-0.39, 0.29) is 23.9 Å². The van der Waals surface area contributed by atoms with Crippen molar-refractivity contribution >= 4 is 11.8 Å². The van der Waals surface area contributed by atoms with Crippen LogP contribution in [0.25, 0.3) is 0 Å². The fourth-order valence-electron chi connectivity index (χ4n) is 2.15. The summed E-state index contributed by atoms with van der Waals surface area (Å²) in [6.07, 6.45) is 2.15. The quantitative estimate of drug-likeness (QED) is 0.878. The van der Waals surface area contributed by atoms with E-state index in [0.29, 0.717) is 6.42 Å². The molecule has 0 saturated carbocycles. The highest BCUT2D eigenvalue weighted by Crippen LogP contribution is 2.08. The zero-order chi connectivity index (χ0) is 16.8. The molecule has 2 amide bonds. The lowest BCUT2D eigenvalue weighted by Crippen LogP contribution is -2.46. The fraction of sp³-hybridized carbons (Fsp3) is 0.556. The minimum atomic E-state index is -0.271. The number of carbonyl (C=O) groups is 2. The van der Waals surface area contributed by atoms with Gasteiger partial charge in [-0.3, -0.25) is 9.59 Å². The number of hydrogen-bond acceptors (Lipinski definition) is 2. The summed E-state index contributed by atoms with van der Waals surface area (Å²) in [5.41, 5.74) is 2.21. The Morgan fingerprint density at radius 2 is 1.73 bits per heavy atom. The Morgan fingerprint density at radius 1 is 1.14 bits per heavy atom. The van der Waals surface area contributed by atoms with Crippen LogP contribution in [0.5, 0.6) is 0 Å². The van der Waals surface area contributed by atoms with E-state index < -0.39 is 0 Å². The summed E-state index contributed by atoms with van der Waals surface area (Å²) in [5.74, 6) is -0.113. The number of nitrogens with zero attached hydrogens (tertiary/aromatic N) is 1. The van der Waals surface area contributed by atoms with Crippen LogP contribution in [-0.2, 0) is 16.0 Å². The maximum Gasteiger partial charge on any atom is 0.240 e. The summed E-state index contributed by atoms with van der Waals surface area (Å²) < 4.78 is 0. The monoisotopic (exact) mass is 304 g/mol. The molecule has 0 atom stereocenters. The maximum atomic E-state index is 12.0. The maximum absolute atomic E-state index is 12.0. The van der Waals surface area contributed by atoms with Gasteiger partial charge in [-0.2, -0.15) is 0 Å². The van der Waals surface area contributed by atoms with Crippen molar-refractivity contribution in [3.8, 4) is 0 Å². The van der Waals surface area contributed by atoms with E-state index in [1.165, 1.54) is 16.0 Å². The normalized spacial score (nSPS) is 11.1. The molecular formula is C18H28N2O2. The van der Waals surface area contributed by atoms with E-state index >= 15 is 0 Å². The van der Waals surface area contributed by atoms with Gasteiger partial charge in [-0.25, -0.2) is 0 Å². The van der Waals surface area contributed by atoms with Crippen LogP contribution >= 0.6 is 0 Å². The van der Waals surface area contributed by atoms with Gasteiger partial charge in [-0.1, -0.05) is 29.8 Å². The molecular weight excluding hydrogens is 276 g/mol. The molecule has 0 fully saturated rings. The van der Waals surface area contributed by atoms with Crippen LogP contribution in [-0.4, -0.2) is 35.8 Å². The minimum absolute atomic E-state index is 0.0103. The number of amides is 2. The van der Waals surface area contributed by atoms with Crippen molar-refractivity contribution in [2.75, 3.05) is 13.6 Å². The molecule has 4 nitrogen and oxygen atoms in total. The van der Waals surface area contributed by atoms with Crippen molar-refractivity contribution in [1.82, 2.24) is 10.2 Å². The smallest absolute Gasteiger partial charge is 0.240 e. The summed E-state index contributed by atoms with van der Waals surface area (Å²) >= 11 is 0. The molecule has 4 heteroatoms. The van der Waals surface area contributed by atoms with Crippen molar-refractivity contribution in [2.24, 2.45) is 0 Å². The Bertz CT molecular complexity index is 501. The molecule has 0 unspecified atom stereocenters. The van der Waals surface area contributed by atoms with Gasteiger partial charge in [0.25, 0.3) is 0 Å². The number of benzene rings is 1. The first-order chi connectivity index (χ1) is 10.2. The van der Waals surface area contributed by atoms with Crippen molar-refractivity contribution in [1.29, 1.82) is 0 Å². The fourth-order valence-corrected chi connectivity index (χ4v) is 2.15. The lowest BCUT2D eigenvalue weighted by Gasteiger charge is -2.23.